The summed E-state index contributed by atoms with van der Waals surface area (Å²) in [6, 6.07) is 0.525. The number of hydrogen-bond donors (Lipinski definition) is 2. The molecule has 1 heterocycles. The summed E-state index contributed by atoms with van der Waals surface area (Å²) in [6.07, 6.45) is 2.35. The number of anilines is 2. The lowest BCUT2D eigenvalue weighted by molar-refractivity contribution is 0.102. The van der Waals surface area contributed by atoms with Crippen LogP contribution in [0.2, 0.25) is 0 Å². The van der Waals surface area contributed by atoms with Gasteiger partial charge in [0.15, 0.2) is 11.5 Å². The average molecular weight is 226 g/mol. The zero-order chi connectivity index (χ0) is 11.0. The molecule has 1 saturated carbocycles. The van der Waals surface area contributed by atoms with Crippen LogP contribution in [-0.2, 0) is 0 Å². The van der Waals surface area contributed by atoms with E-state index < -0.39 is 0 Å². The lowest BCUT2D eigenvalue weighted by Gasteiger charge is -2.04. The first-order chi connectivity index (χ1) is 7.13. The van der Waals surface area contributed by atoms with Crippen LogP contribution in [0, 0.1) is 0 Å². The average Bonchev–Trinajstić information content (AvgIpc) is 2.91. The molecule has 0 saturated heterocycles. The molecule has 0 unspecified atom stereocenters. The van der Waals surface area contributed by atoms with E-state index in [2.05, 4.69) is 5.32 Å². The number of ketones is 1. The number of carbonyl (C=O) groups is 1. The van der Waals surface area contributed by atoms with E-state index in [1.807, 2.05) is 0 Å². The van der Waals surface area contributed by atoms with E-state index in [1.165, 1.54) is 31.1 Å². The minimum atomic E-state index is -0.0142. The van der Waals surface area contributed by atoms with Gasteiger partial charge in [-0.1, -0.05) is 0 Å². The van der Waals surface area contributed by atoms with Crippen molar-refractivity contribution in [3.8, 4) is 5.75 Å². The Morgan fingerprint density at radius 2 is 2.27 bits per heavy atom. The number of ether oxygens (including phenoxy) is 1. The Morgan fingerprint density at radius 3 is 2.73 bits per heavy atom. The molecular formula is C10H14N2O2S. The molecule has 0 radical (unpaired) electrons. The first-order valence-electron chi connectivity index (χ1n) is 4.87. The predicted molar refractivity (Wildman–Crippen MR) is 61.9 cm³/mol. The Labute approximate surface area is 92.4 Å². The van der Waals surface area contributed by atoms with Crippen molar-refractivity contribution in [2.75, 3.05) is 18.2 Å². The molecule has 0 spiro atoms. The Morgan fingerprint density at radius 1 is 1.60 bits per heavy atom. The van der Waals surface area contributed by atoms with Crippen molar-refractivity contribution < 1.29 is 9.53 Å². The van der Waals surface area contributed by atoms with Crippen LogP contribution in [0.3, 0.4) is 0 Å². The molecule has 82 valence electrons. The van der Waals surface area contributed by atoms with Crippen LogP contribution >= 0.6 is 11.3 Å². The van der Waals surface area contributed by atoms with Gasteiger partial charge in [0, 0.05) is 13.0 Å². The SMILES string of the molecule is COc1c(NC2CC2)sc(C(C)=O)c1N. The second kappa shape index (κ2) is 3.73. The summed E-state index contributed by atoms with van der Waals surface area (Å²) in [6.45, 7) is 1.52. The third-order valence-corrected chi connectivity index (χ3v) is 3.55. The maximum Gasteiger partial charge on any atom is 0.176 e. The smallest absolute Gasteiger partial charge is 0.176 e. The van der Waals surface area contributed by atoms with Crippen molar-refractivity contribution in [1.82, 2.24) is 0 Å². The maximum absolute atomic E-state index is 11.3. The van der Waals surface area contributed by atoms with Gasteiger partial charge >= 0.3 is 0 Å². The number of hydrogen-bond acceptors (Lipinski definition) is 5. The molecule has 1 aromatic rings. The zero-order valence-corrected chi connectivity index (χ0v) is 9.61. The van der Waals surface area contributed by atoms with Gasteiger partial charge < -0.3 is 15.8 Å². The number of Topliss-reactive ketones (excluding diaryl/α,β-unsaturated/α-hetero) is 1. The van der Waals surface area contributed by atoms with Crippen LogP contribution in [-0.4, -0.2) is 18.9 Å². The third-order valence-electron chi connectivity index (χ3n) is 2.34. The molecule has 0 amide bonds. The maximum atomic E-state index is 11.3. The van der Waals surface area contributed by atoms with Crippen molar-refractivity contribution in [2.24, 2.45) is 0 Å². The molecule has 0 atom stereocenters. The molecule has 1 aliphatic rings. The molecule has 3 N–H and O–H groups in total. The highest BCUT2D eigenvalue weighted by molar-refractivity contribution is 7.19. The van der Waals surface area contributed by atoms with E-state index in [1.54, 1.807) is 7.11 Å². The van der Waals surface area contributed by atoms with Crippen LogP contribution < -0.4 is 15.8 Å². The quantitative estimate of drug-likeness (QED) is 0.772. The number of nitrogens with two attached hydrogens (primary N) is 1. The summed E-state index contributed by atoms with van der Waals surface area (Å²) >= 11 is 1.38. The summed E-state index contributed by atoms with van der Waals surface area (Å²) in [5, 5.41) is 4.19. The van der Waals surface area contributed by atoms with Gasteiger partial charge in [-0.15, -0.1) is 11.3 Å². The van der Waals surface area contributed by atoms with Gasteiger partial charge in [0.05, 0.1) is 17.7 Å². The number of nitrogens with one attached hydrogen (secondary N) is 1. The Kier molecular flexibility index (Phi) is 2.56. The van der Waals surface area contributed by atoms with E-state index in [-0.39, 0.29) is 5.78 Å². The molecule has 0 aromatic carbocycles. The molecule has 0 bridgehead atoms. The molecule has 2 rings (SSSR count). The number of rotatable bonds is 4. The summed E-state index contributed by atoms with van der Waals surface area (Å²) in [5.74, 6) is 0.594. The van der Waals surface area contributed by atoms with Crippen molar-refractivity contribution >= 4 is 27.8 Å². The fourth-order valence-corrected chi connectivity index (χ4v) is 2.46. The van der Waals surface area contributed by atoms with Gasteiger partial charge in [-0.2, -0.15) is 0 Å². The molecule has 4 nitrogen and oxygen atoms in total. The van der Waals surface area contributed by atoms with Gasteiger partial charge in [-0.05, 0) is 12.8 Å². The van der Waals surface area contributed by atoms with E-state index in [9.17, 15) is 4.79 Å². The topological polar surface area (TPSA) is 64.3 Å². The summed E-state index contributed by atoms with van der Waals surface area (Å²) < 4.78 is 5.21. The van der Waals surface area contributed by atoms with E-state index >= 15 is 0 Å². The summed E-state index contributed by atoms with van der Waals surface area (Å²) in [5.41, 5.74) is 6.29. The highest BCUT2D eigenvalue weighted by atomic mass is 32.1. The van der Waals surface area contributed by atoms with Crippen LogP contribution in [0.4, 0.5) is 10.7 Å². The lowest BCUT2D eigenvalue weighted by Crippen LogP contribution is -2.00. The van der Waals surface area contributed by atoms with E-state index in [4.69, 9.17) is 10.5 Å². The molecule has 0 aliphatic heterocycles. The van der Waals surface area contributed by atoms with Gasteiger partial charge in [0.25, 0.3) is 0 Å². The second-order valence-corrected chi connectivity index (χ2v) is 4.70. The fourth-order valence-electron chi connectivity index (χ4n) is 1.40. The number of nitrogen functional groups attached to an aromatic ring is 1. The summed E-state index contributed by atoms with van der Waals surface area (Å²) in [7, 11) is 1.57. The first-order valence-corrected chi connectivity index (χ1v) is 5.69. The highest BCUT2D eigenvalue weighted by Crippen LogP contribution is 2.44. The summed E-state index contributed by atoms with van der Waals surface area (Å²) in [4.78, 5) is 11.9. The normalized spacial score (nSPS) is 15.1. The molecule has 1 aliphatic carbocycles. The number of thiophene rings is 1. The Hall–Kier alpha value is -1.23. The van der Waals surface area contributed by atoms with Crippen LogP contribution in [0.5, 0.6) is 5.75 Å². The van der Waals surface area contributed by atoms with Crippen molar-refractivity contribution in [1.29, 1.82) is 0 Å². The standard InChI is InChI=1S/C10H14N2O2S/c1-5(13)9-7(11)8(14-2)10(15-9)12-6-3-4-6/h6,12H,3-4,11H2,1-2H3. The number of carbonyl (C=O) groups excluding carboxylic acids is 1. The monoisotopic (exact) mass is 226 g/mol. The van der Waals surface area contributed by atoms with Crippen molar-refractivity contribution in [3.05, 3.63) is 4.88 Å². The van der Waals surface area contributed by atoms with Crippen LogP contribution in [0.1, 0.15) is 29.4 Å². The molecular weight excluding hydrogens is 212 g/mol. The fraction of sp³-hybridized carbons (Fsp3) is 0.500. The molecule has 5 heteroatoms. The minimum Gasteiger partial charge on any atom is -0.492 e. The van der Waals surface area contributed by atoms with E-state index in [0.29, 0.717) is 22.4 Å². The first kappa shape index (κ1) is 10.3. The van der Waals surface area contributed by atoms with Crippen LogP contribution in [0.15, 0.2) is 0 Å². The number of methoxy groups -OCH3 is 1. The van der Waals surface area contributed by atoms with Crippen molar-refractivity contribution in [2.45, 2.75) is 25.8 Å². The molecule has 15 heavy (non-hydrogen) atoms. The zero-order valence-electron chi connectivity index (χ0n) is 8.79. The lowest BCUT2D eigenvalue weighted by atomic mass is 10.3. The van der Waals surface area contributed by atoms with Gasteiger partial charge in [0.2, 0.25) is 0 Å². The highest BCUT2D eigenvalue weighted by Gasteiger charge is 2.26. The third kappa shape index (κ3) is 1.92. The predicted octanol–water partition coefficient (Wildman–Crippen LogP) is 2.12. The van der Waals surface area contributed by atoms with Crippen molar-refractivity contribution in [3.63, 3.8) is 0 Å². The Bertz CT molecular complexity index is 396. The second-order valence-electron chi connectivity index (χ2n) is 3.68. The largest absolute Gasteiger partial charge is 0.492 e. The molecule has 1 aromatic heterocycles. The van der Waals surface area contributed by atoms with Gasteiger partial charge in [-0.25, -0.2) is 0 Å². The molecule has 1 fully saturated rings. The van der Waals surface area contributed by atoms with E-state index in [0.717, 1.165) is 5.00 Å². The van der Waals surface area contributed by atoms with Gasteiger partial charge in [0.1, 0.15) is 5.00 Å². The Balaban J connectivity index is 2.34. The van der Waals surface area contributed by atoms with Gasteiger partial charge in [-0.3, -0.25) is 4.79 Å². The minimum absolute atomic E-state index is 0.0142. The van der Waals surface area contributed by atoms with Crippen LogP contribution in [0.25, 0.3) is 0 Å².